The topological polar surface area (TPSA) is 78.4 Å². The molecule has 0 unspecified atom stereocenters. The molecule has 5 heteroatoms. The minimum Gasteiger partial charge on any atom is -0.480 e. The molecule has 1 amide bonds. The van der Waals surface area contributed by atoms with Crippen LogP contribution in [0.5, 0.6) is 0 Å². The molecule has 1 rings (SSSR count). The zero-order chi connectivity index (χ0) is 11.6. The van der Waals surface area contributed by atoms with Gasteiger partial charge in [0, 0.05) is 18.5 Å². The molecule has 0 aromatic carbocycles. The lowest BCUT2D eigenvalue weighted by Crippen LogP contribution is -2.49. The number of amides is 1. The highest BCUT2D eigenvalue weighted by atomic mass is 16.4. The van der Waals surface area contributed by atoms with E-state index in [2.05, 4.69) is 10.6 Å². The fraction of sp³-hybridized carbons (Fsp3) is 0.800. The Hall–Kier alpha value is -1.10. The number of carbonyl (C=O) groups is 2. The molecule has 3 N–H and O–H groups in total. The van der Waals surface area contributed by atoms with Crippen LogP contribution in [0.3, 0.4) is 0 Å². The second-order valence-electron chi connectivity index (χ2n) is 4.37. The van der Waals surface area contributed by atoms with Crippen molar-refractivity contribution in [2.45, 2.75) is 45.3 Å². The molecular formula is C10H18N2O3. The fourth-order valence-corrected chi connectivity index (χ4v) is 1.86. The lowest BCUT2D eigenvalue weighted by atomic mass is 9.97. The maximum Gasteiger partial charge on any atom is 0.320 e. The molecule has 0 saturated carbocycles. The Balaban J connectivity index is 2.59. The van der Waals surface area contributed by atoms with E-state index in [1.165, 1.54) is 0 Å². The van der Waals surface area contributed by atoms with E-state index >= 15 is 0 Å². The Morgan fingerprint density at radius 1 is 1.53 bits per heavy atom. The Labute approximate surface area is 89.2 Å². The van der Waals surface area contributed by atoms with Gasteiger partial charge in [-0.15, -0.1) is 0 Å². The highest BCUT2D eigenvalue weighted by Crippen LogP contribution is 2.16. The van der Waals surface area contributed by atoms with E-state index in [1.807, 2.05) is 13.8 Å². The van der Waals surface area contributed by atoms with Crippen LogP contribution in [0.2, 0.25) is 0 Å². The molecule has 15 heavy (non-hydrogen) atoms. The minimum absolute atomic E-state index is 0.0104. The first-order chi connectivity index (χ1) is 6.91. The van der Waals surface area contributed by atoms with Crippen molar-refractivity contribution < 1.29 is 14.7 Å². The summed E-state index contributed by atoms with van der Waals surface area (Å²) in [6, 6.07) is -0.674. The third-order valence-electron chi connectivity index (χ3n) is 2.72. The molecule has 1 aliphatic heterocycles. The maximum atomic E-state index is 11.2. The molecule has 5 nitrogen and oxygen atoms in total. The molecule has 1 saturated heterocycles. The van der Waals surface area contributed by atoms with Gasteiger partial charge in [0.2, 0.25) is 5.91 Å². The summed E-state index contributed by atoms with van der Waals surface area (Å²) in [6.07, 6.45) is 0.362. The van der Waals surface area contributed by atoms with Crippen molar-refractivity contribution in [2.75, 3.05) is 0 Å². The molecule has 0 radical (unpaired) electrons. The molecular weight excluding hydrogens is 196 g/mol. The quantitative estimate of drug-likeness (QED) is 0.613. The molecule has 3 atom stereocenters. The van der Waals surface area contributed by atoms with E-state index in [1.54, 1.807) is 6.92 Å². The second-order valence-corrected chi connectivity index (χ2v) is 4.37. The van der Waals surface area contributed by atoms with Gasteiger partial charge in [0.1, 0.15) is 6.04 Å². The first kappa shape index (κ1) is 12.0. The number of carboxylic acids is 1. The first-order valence-electron chi connectivity index (χ1n) is 5.20. The molecule has 1 aliphatic rings. The first-order valence-corrected chi connectivity index (χ1v) is 5.20. The Morgan fingerprint density at radius 2 is 2.13 bits per heavy atom. The molecule has 0 aromatic heterocycles. The Bertz CT molecular complexity index is 265. The number of aliphatic carboxylic acids is 1. The summed E-state index contributed by atoms with van der Waals surface area (Å²) in [5.41, 5.74) is 0. The van der Waals surface area contributed by atoms with Crippen LogP contribution < -0.4 is 10.6 Å². The molecule has 86 valence electrons. The van der Waals surface area contributed by atoms with Gasteiger partial charge in [-0.2, -0.15) is 0 Å². The average molecular weight is 214 g/mol. The van der Waals surface area contributed by atoms with E-state index < -0.39 is 12.0 Å². The number of carbonyl (C=O) groups excluding carboxylic acids is 1. The summed E-state index contributed by atoms with van der Waals surface area (Å²) in [5.74, 6) is -0.601. The molecule has 0 bridgehead atoms. The third kappa shape index (κ3) is 2.92. The van der Waals surface area contributed by atoms with Crippen LogP contribution in [0.15, 0.2) is 0 Å². The Kier molecular flexibility index (Phi) is 3.68. The standard InChI is InChI=1S/C10H18N2O3/c1-5(2)9-7(4-8(13)12-9)11-6(3)10(14)15/h5-7,9,11H,4H2,1-3H3,(H,12,13)(H,14,15)/t6-,7-,9-/m0/s1. The van der Waals surface area contributed by atoms with E-state index in [0.717, 1.165) is 0 Å². The summed E-state index contributed by atoms with van der Waals surface area (Å²) >= 11 is 0. The zero-order valence-electron chi connectivity index (χ0n) is 9.28. The highest BCUT2D eigenvalue weighted by Gasteiger charge is 2.35. The summed E-state index contributed by atoms with van der Waals surface area (Å²) in [7, 11) is 0. The van der Waals surface area contributed by atoms with Gasteiger partial charge < -0.3 is 10.4 Å². The minimum atomic E-state index is -0.892. The monoisotopic (exact) mass is 214 g/mol. The average Bonchev–Trinajstić information content (AvgIpc) is 2.46. The van der Waals surface area contributed by atoms with Crippen LogP contribution in [0.1, 0.15) is 27.2 Å². The smallest absolute Gasteiger partial charge is 0.320 e. The molecule has 1 fully saturated rings. The number of nitrogens with one attached hydrogen (secondary N) is 2. The van der Waals surface area contributed by atoms with E-state index in [4.69, 9.17) is 5.11 Å². The lowest BCUT2D eigenvalue weighted by Gasteiger charge is -2.25. The number of hydrogen-bond donors (Lipinski definition) is 3. The van der Waals surface area contributed by atoms with Gasteiger partial charge in [-0.25, -0.2) is 0 Å². The SMILES string of the molecule is CC(C)[C@@H]1NC(=O)C[C@@H]1N[C@@H](C)C(=O)O. The van der Waals surface area contributed by atoms with Crippen molar-refractivity contribution >= 4 is 11.9 Å². The number of rotatable bonds is 4. The van der Waals surface area contributed by atoms with E-state index in [9.17, 15) is 9.59 Å². The van der Waals surface area contributed by atoms with Gasteiger partial charge >= 0.3 is 5.97 Å². The van der Waals surface area contributed by atoms with Gasteiger partial charge in [-0.3, -0.25) is 14.9 Å². The van der Waals surface area contributed by atoms with Crippen molar-refractivity contribution in [2.24, 2.45) is 5.92 Å². The van der Waals surface area contributed by atoms with Gasteiger partial charge in [-0.1, -0.05) is 13.8 Å². The summed E-state index contributed by atoms with van der Waals surface area (Å²) in [4.78, 5) is 21.9. The van der Waals surface area contributed by atoms with Crippen LogP contribution >= 0.6 is 0 Å². The fourth-order valence-electron chi connectivity index (χ4n) is 1.86. The third-order valence-corrected chi connectivity index (χ3v) is 2.72. The Morgan fingerprint density at radius 3 is 2.60 bits per heavy atom. The van der Waals surface area contributed by atoms with Crippen molar-refractivity contribution in [3.8, 4) is 0 Å². The molecule has 0 aliphatic carbocycles. The molecule has 0 spiro atoms. The van der Waals surface area contributed by atoms with Crippen molar-refractivity contribution in [3.63, 3.8) is 0 Å². The summed E-state index contributed by atoms with van der Waals surface area (Å²) in [5, 5.41) is 14.6. The van der Waals surface area contributed by atoms with Crippen LogP contribution in [-0.2, 0) is 9.59 Å². The van der Waals surface area contributed by atoms with Crippen molar-refractivity contribution in [1.29, 1.82) is 0 Å². The van der Waals surface area contributed by atoms with Gasteiger partial charge in [-0.05, 0) is 12.8 Å². The summed E-state index contributed by atoms with van der Waals surface area (Å²) in [6.45, 7) is 5.61. The predicted molar refractivity (Wildman–Crippen MR) is 55.4 cm³/mol. The van der Waals surface area contributed by atoms with Crippen LogP contribution in [-0.4, -0.2) is 35.1 Å². The molecule has 0 aromatic rings. The van der Waals surface area contributed by atoms with Crippen molar-refractivity contribution in [1.82, 2.24) is 10.6 Å². The summed E-state index contributed by atoms with van der Waals surface area (Å²) < 4.78 is 0. The lowest BCUT2D eigenvalue weighted by molar-refractivity contribution is -0.139. The number of hydrogen-bond acceptors (Lipinski definition) is 3. The molecule has 1 heterocycles. The van der Waals surface area contributed by atoms with Crippen LogP contribution in [0.4, 0.5) is 0 Å². The van der Waals surface area contributed by atoms with E-state index in [0.29, 0.717) is 12.3 Å². The largest absolute Gasteiger partial charge is 0.480 e. The van der Waals surface area contributed by atoms with Crippen molar-refractivity contribution in [3.05, 3.63) is 0 Å². The zero-order valence-corrected chi connectivity index (χ0v) is 9.28. The highest BCUT2D eigenvalue weighted by molar-refractivity contribution is 5.80. The van der Waals surface area contributed by atoms with Gasteiger partial charge in [0.15, 0.2) is 0 Å². The van der Waals surface area contributed by atoms with E-state index in [-0.39, 0.29) is 18.0 Å². The van der Waals surface area contributed by atoms with Gasteiger partial charge in [0.25, 0.3) is 0 Å². The number of carboxylic acid groups (broad SMARTS) is 1. The normalized spacial score (nSPS) is 27.9. The van der Waals surface area contributed by atoms with Gasteiger partial charge in [0.05, 0.1) is 0 Å². The predicted octanol–water partition coefficient (Wildman–Crippen LogP) is -0.0378. The van der Waals surface area contributed by atoms with Crippen LogP contribution in [0.25, 0.3) is 0 Å². The van der Waals surface area contributed by atoms with Crippen LogP contribution in [0, 0.1) is 5.92 Å². The maximum absolute atomic E-state index is 11.2. The second kappa shape index (κ2) is 4.61.